The number of carbonyl (C=O) groups excluding carboxylic acids is 1. The zero-order valence-electron chi connectivity index (χ0n) is 14.1. The Morgan fingerprint density at radius 1 is 1.14 bits per heavy atom. The quantitative estimate of drug-likeness (QED) is 0.451. The van der Waals surface area contributed by atoms with E-state index in [1.807, 2.05) is 0 Å². The number of rotatable bonds is 5. The lowest BCUT2D eigenvalue weighted by Gasteiger charge is -2.12. The SMILES string of the molecule is N#Cc1nc(C(=O)C(N)C(=O)O)c(O)c2cc(Oc3ccc(F)cc3)ccc12. The largest absolute Gasteiger partial charge is 0.505 e. The summed E-state index contributed by atoms with van der Waals surface area (Å²) < 4.78 is 18.6. The maximum absolute atomic E-state index is 13.0. The van der Waals surface area contributed by atoms with E-state index in [-0.39, 0.29) is 22.2 Å². The Morgan fingerprint density at radius 3 is 2.39 bits per heavy atom. The van der Waals surface area contributed by atoms with Gasteiger partial charge in [0.05, 0.1) is 0 Å². The Labute approximate surface area is 157 Å². The van der Waals surface area contributed by atoms with Crippen LogP contribution in [0, 0.1) is 17.1 Å². The van der Waals surface area contributed by atoms with Crippen molar-refractivity contribution in [2.75, 3.05) is 0 Å². The van der Waals surface area contributed by atoms with Crippen molar-refractivity contribution in [1.82, 2.24) is 4.98 Å². The number of hydrogen-bond donors (Lipinski definition) is 3. The van der Waals surface area contributed by atoms with E-state index < -0.39 is 35.1 Å². The van der Waals surface area contributed by atoms with E-state index in [9.17, 15) is 24.3 Å². The molecule has 0 bridgehead atoms. The fraction of sp³-hybridized carbons (Fsp3) is 0.0526. The third-order valence-corrected chi connectivity index (χ3v) is 3.89. The van der Waals surface area contributed by atoms with Gasteiger partial charge in [0.25, 0.3) is 0 Å². The normalized spacial score (nSPS) is 11.6. The number of carboxylic acid groups (broad SMARTS) is 1. The van der Waals surface area contributed by atoms with Gasteiger partial charge in [-0.15, -0.1) is 0 Å². The van der Waals surface area contributed by atoms with Gasteiger partial charge in [-0.05, 0) is 42.5 Å². The number of ether oxygens (including phenoxy) is 1. The molecule has 0 aliphatic rings. The summed E-state index contributed by atoms with van der Waals surface area (Å²) in [6.45, 7) is 0. The molecule has 0 aliphatic heterocycles. The van der Waals surface area contributed by atoms with Crippen molar-refractivity contribution in [3.05, 3.63) is 59.7 Å². The van der Waals surface area contributed by atoms with Crippen LogP contribution >= 0.6 is 0 Å². The Morgan fingerprint density at radius 2 is 1.79 bits per heavy atom. The number of halogens is 1. The van der Waals surface area contributed by atoms with Crippen molar-refractivity contribution in [3.8, 4) is 23.3 Å². The van der Waals surface area contributed by atoms with Crippen LogP contribution in [-0.4, -0.2) is 33.0 Å². The monoisotopic (exact) mass is 381 g/mol. The van der Waals surface area contributed by atoms with Gasteiger partial charge in [0, 0.05) is 10.8 Å². The zero-order valence-corrected chi connectivity index (χ0v) is 14.1. The molecular formula is C19H12FN3O5. The molecule has 1 unspecified atom stereocenters. The molecule has 0 amide bonds. The lowest BCUT2D eigenvalue weighted by molar-refractivity contribution is -0.137. The first-order chi connectivity index (χ1) is 13.3. The predicted octanol–water partition coefficient (Wildman–Crippen LogP) is 2.34. The van der Waals surface area contributed by atoms with E-state index in [0.29, 0.717) is 5.75 Å². The number of aromatic nitrogens is 1. The number of benzene rings is 2. The zero-order chi connectivity index (χ0) is 20.4. The maximum Gasteiger partial charge on any atom is 0.328 e. The molecule has 1 aromatic heterocycles. The van der Waals surface area contributed by atoms with Crippen LogP contribution < -0.4 is 10.5 Å². The molecule has 3 rings (SSSR count). The molecule has 0 saturated heterocycles. The molecular weight excluding hydrogens is 369 g/mol. The molecule has 9 heteroatoms. The van der Waals surface area contributed by atoms with Gasteiger partial charge in [-0.1, -0.05) is 0 Å². The number of ketones is 1. The third kappa shape index (κ3) is 3.44. The summed E-state index contributed by atoms with van der Waals surface area (Å²) in [6, 6.07) is 9.34. The third-order valence-electron chi connectivity index (χ3n) is 3.89. The summed E-state index contributed by atoms with van der Waals surface area (Å²) in [5, 5.41) is 28.9. The molecule has 28 heavy (non-hydrogen) atoms. The number of Topliss-reactive ketones (excluding diaryl/α,β-unsaturated/α-hetero) is 1. The highest BCUT2D eigenvalue weighted by Gasteiger charge is 2.28. The highest BCUT2D eigenvalue weighted by molar-refractivity contribution is 6.14. The molecule has 1 heterocycles. The summed E-state index contributed by atoms with van der Waals surface area (Å²) in [6.07, 6.45) is 0. The van der Waals surface area contributed by atoms with E-state index in [1.165, 1.54) is 42.5 Å². The van der Waals surface area contributed by atoms with E-state index in [1.54, 1.807) is 6.07 Å². The molecule has 4 N–H and O–H groups in total. The molecule has 0 spiro atoms. The summed E-state index contributed by atoms with van der Waals surface area (Å²) in [4.78, 5) is 26.9. The van der Waals surface area contributed by atoms with Gasteiger partial charge in [0.15, 0.2) is 17.5 Å². The van der Waals surface area contributed by atoms with E-state index in [0.717, 1.165) is 0 Å². The van der Waals surface area contributed by atoms with Gasteiger partial charge < -0.3 is 20.7 Å². The second-order valence-electron chi connectivity index (χ2n) is 5.71. The lowest BCUT2D eigenvalue weighted by Crippen LogP contribution is -2.39. The van der Waals surface area contributed by atoms with Crippen molar-refractivity contribution < 1.29 is 28.9 Å². The van der Waals surface area contributed by atoms with Gasteiger partial charge in [0.2, 0.25) is 5.78 Å². The Kier molecular flexibility index (Phi) is 4.89. The summed E-state index contributed by atoms with van der Waals surface area (Å²) in [5.41, 5.74) is 4.48. The first-order valence-corrected chi connectivity index (χ1v) is 7.84. The van der Waals surface area contributed by atoms with E-state index in [4.69, 9.17) is 15.6 Å². The second-order valence-corrected chi connectivity index (χ2v) is 5.71. The fourth-order valence-corrected chi connectivity index (χ4v) is 2.50. The number of nitrogens with zero attached hydrogens (tertiary/aromatic N) is 2. The highest BCUT2D eigenvalue weighted by Crippen LogP contribution is 2.34. The number of nitrogens with two attached hydrogens (primary N) is 1. The minimum atomic E-state index is -1.94. The van der Waals surface area contributed by atoms with Crippen molar-refractivity contribution in [1.29, 1.82) is 5.26 Å². The van der Waals surface area contributed by atoms with Gasteiger partial charge in [-0.3, -0.25) is 9.59 Å². The van der Waals surface area contributed by atoms with Crippen LogP contribution in [0.3, 0.4) is 0 Å². The number of carbonyl (C=O) groups is 2. The van der Waals surface area contributed by atoms with E-state index >= 15 is 0 Å². The summed E-state index contributed by atoms with van der Waals surface area (Å²) in [5.74, 6) is -3.26. The first-order valence-electron chi connectivity index (χ1n) is 7.84. The number of pyridine rings is 1. The van der Waals surface area contributed by atoms with Gasteiger partial charge in [0.1, 0.15) is 29.1 Å². The average molecular weight is 381 g/mol. The molecule has 140 valence electrons. The standard InChI is InChI=1S/C19H12FN3O5/c20-9-1-3-10(4-2-9)28-11-5-6-12-13(7-11)17(24)16(23-14(12)8-21)18(25)15(22)19(26)27/h1-7,15,24H,22H2,(H,26,27). The topological polar surface area (TPSA) is 147 Å². The van der Waals surface area contributed by atoms with Crippen LogP contribution in [0.15, 0.2) is 42.5 Å². The molecule has 0 radical (unpaired) electrons. The molecule has 0 fully saturated rings. The van der Waals surface area contributed by atoms with Gasteiger partial charge >= 0.3 is 5.97 Å². The highest BCUT2D eigenvalue weighted by atomic mass is 19.1. The number of fused-ring (bicyclic) bond motifs is 1. The van der Waals surface area contributed by atoms with Gasteiger partial charge in [-0.25, -0.2) is 9.37 Å². The van der Waals surface area contributed by atoms with Gasteiger partial charge in [-0.2, -0.15) is 5.26 Å². The molecule has 3 aromatic rings. The number of aromatic hydroxyl groups is 1. The molecule has 2 aromatic carbocycles. The molecule has 0 aliphatic carbocycles. The second kappa shape index (κ2) is 7.30. The molecule has 0 saturated carbocycles. The summed E-state index contributed by atoms with van der Waals surface area (Å²) >= 11 is 0. The van der Waals surface area contributed by atoms with Crippen molar-refractivity contribution in [2.45, 2.75) is 6.04 Å². The Hall–Kier alpha value is -4.03. The smallest absolute Gasteiger partial charge is 0.328 e. The summed E-state index contributed by atoms with van der Waals surface area (Å²) in [7, 11) is 0. The average Bonchev–Trinajstić information content (AvgIpc) is 2.69. The Balaban J connectivity index is 2.11. The number of carboxylic acids is 1. The maximum atomic E-state index is 13.0. The predicted molar refractivity (Wildman–Crippen MR) is 94.5 cm³/mol. The number of hydrogen-bond acceptors (Lipinski definition) is 7. The minimum Gasteiger partial charge on any atom is -0.505 e. The number of aliphatic carboxylic acids is 1. The van der Waals surface area contributed by atoms with Crippen molar-refractivity contribution in [3.63, 3.8) is 0 Å². The molecule has 8 nitrogen and oxygen atoms in total. The van der Waals surface area contributed by atoms with Crippen molar-refractivity contribution in [2.24, 2.45) is 5.73 Å². The van der Waals surface area contributed by atoms with Crippen LogP contribution in [-0.2, 0) is 4.79 Å². The van der Waals surface area contributed by atoms with Crippen LogP contribution in [0.25, 0.3) is 10.8 Å². The minimum absolute atomic E-state index is 0.0482. The van der Waals surface area contributed by atoms with Crippen molar-refractivity contribution >= 4 is 22.5 Å². The van der Waals surface area contributed by atoms with Crippen LogP contribution in [0.2, 0.25) is 0 Å². The van der Waals surface area contributed by atoms with Crippen LogP contribution in [0.5, 0.6) is 17.2 Å². The van der Waals surface area contributed by atoms with Crippen LogP contribution in [0.4, 0.5) is 4.39 Å². The van der Waals surface area contributed by atoms with Crippen LogP contribution in [0.1, 0.15) is 16.2 Å². The lowest BCUT2D eigenvalue weighted by atomic mass is 10.0. The fourth-order valence-electron chi connectivity index (χ4n) is 2.50. The number of nitriles is 1. The molecule has 1 atom stereocenters. The van der Waals surface area contributed by atoms with E-state index in [2.05, 4.69) is 4.98 Å². The first kappa shape index (κ1) is 18.8. The Bertz CT molecular complexity index is 1140.